The Morgan fingerprint density at radius 1 is 0.957 bits per heavy atom. The summed E-state index contributed by atoms with van der Waals surface area (Å²) in [7, 11) is 0. The van der Waals surface area contributed by atoms with E-state index >= 15 is 0 Å². The van der Waals surface area contributed by atoms with Crippen LogP contribution in [0.15, 0.2) is 42.5 Å². The van der Waals surface area contributed by atoms with E-state index in [1.165, 1.54) is 30.3 Å². The molecule has 2 aromatic rings. The second kappa shape index (κ2) is 5.60. The Morgan fingerprint density at radius 3 is 2.35 bits per heavy atom. The van der Waals surface area contributed by atoms with Crippen molar-refractivity contribution in [2.75, 3.05) is 11.9 Å². The number of nitrogens with one attached hydrogen (secondary N) is 1. The number of rotatable bonds is 3. The molecule has 1 aliphatic heterocycles. The molecule has 23 heavy (non-hydrogen) atoms. The van der Waals surface area contributed by atoms with Crippen LogP contribution >= 0.6 is 0 Å². The van der Waals surface area contributed by atoms with Crippen LogP contribution < -0.4 is 5.32 Å². The molecule has 1 aliphatic rings. The second-order valence-corrected chi connectivity index (χ2v) is 4.89. The number of fused-ring (bicyclic) bond motifs is 1. The smallest absolute Gasteiger partial charge is 0.265 e. The monoisotopic (exact) mass is 316 g/mol. The predicted molar refractivity (Wildman–Crippen MR) is 76.8 cm³/mol. The molecule has 0 fully saturated rings. The summed E-state index contributed by atoms with van der Waals surface area (Å²) in [6.45, 7) is -0.625. The zero-order chi connectivity index (χ0) is 16.6. The van der Waals surface area contributed by atoms with Gasteiger partial charge < -0.3 is 5.32 Å². The summed E-state index contributed by atoms with van der Waals surface area (Å²) in [5.74, 6) is -3.86. The normalized spacial score (nSPS) is 13.2. The van der Waals surface area contributed by atoms with Crippen molar-refractivity contribution < 1.29 is 23.2 Å². The van der Waals surface area contributed by atoms with Crippen LogP contribution in [-0.4, -0.2) is 29.2 Å². The number of hydrogen-bond acceptors (Lipinski definition) is 3. The molecule has 0 bridgehead atoms. The van der Waals surface area contributed by atoms with Crippen molar-refractivity contribution in [3.63, 3.8) is 0 Å². The third-order valence-electron chi connectivity index (χ3n) is 3.40. The van der Waals surface area contributed by atoms with Crippen molar-refractivity contribution in [3.8, 4) is 0 Å². The van der Waals surface area contributed by atoms with Crippen LogP contribution in [0.1, 0.15) is 20.7 Å². The lowest BCUT2D eigenvalue weighted by Crippen LogP contribution is -2.37. The molecule has 7 heteroatoms. The SMILES string of the molecule is O=C(CN1C(=O)c2cccc(F)c2C1=O)Nc1ccccc1F. The van der Waals surface area contributed by atoms with E-state index in [0.29, 0.717) is 4.90 Å². The lowest BCUT2D eigenvalue weighted by molar-refractivity contribution is -0.116. The van der Waals surface area contributed by atoms with Gasteiger partial charge in [0.15, 0.2) is 0 Å². The number of imide groups is 1. The first-order chi connectivity index (χ1) is 11.0. The maximum atomic E-state index is 13.7. The molecule has 0 atom stereocenters. The number of benzene rings is 2. The molecule has 0 saturated carbocycles. The van der Waals surface area contributed by atoms with E-state index in [2.05, 4.69) is 5.32 Å². The molecule has 0 spiro atoms. The number of carbonyl (C=O) groups excluding carboxylic acids is 3. The van der Waals surface area contributed by atoms with Crippen LogP contribution in [-0.2, 0) is 4.79 Å². The van der Waals surface area contributed by atoms with E-state index in [9.17, 15) is 23.2 Å². The second-order valence-electron chi connectivity index (χ2n) is 4.89. The summed E-state index contributed by atoms with van der Waals surface area (Å²) in [6.07, 6.45) is 0. The third kappa shape index (κ3) is 2.57. The van der Waals surface area contributed by atoms with E-state index < -0.39 is 35.9 Å². The maximum absolute atomic E-state index is 13.7. The van der Waals surface area contributed by atoms with Crippen molar-refractivity contribution in [1.82, 2.24) is 4.90 Å². The van der Waals surface area contributed by atoms with Gasteiger partial charge in [0.25, 0.3) is 11.8 Å². The highest BCUT2D eigenvalue weighted by Crippen LogP contribution is 2.25. The van der Waals surface area contributed by atoms with Crippen molar-refractivity contribution in [1.29, 1.82) is 0 Å². The Bertz CT molecular complexity index is 836. The summed E-state index contributed by atoms with van der Waals surface area (Å²) >= 11 is 0. The molecule has 1 N–H and O–H groups in total. The number of nitrogens with zero attached hydrogens (tertiary/aromatic N) is 1. The van der Waals surface area contributed by atoms with Gasteiger partial charge in [-0.2, -0.15) is 0 Å². The highest BCUT2D eigenvalue weighted by Gasteiger charge is 2.38. The average molecular weight is 316 g/mol. The Morgan fingerprint density at radius 2 is 1.65 bits per heavy atom. The Balaban J connectivity index is 1.78. The van der Waals surface area contributed by atoms with E-state index in [0.717, 1.165) is 12.1 Å². The third-order valence-corrected chi connectivity index (χ3v) is 3.40. The van der Waals surface area contributed by atoms with Crippen molar-refractivity contribution in [3.05, 3.63) is 65.2 Å². The Kier molecular flexibility index (Phi) is 3.61. The van der Waals surface area contributed by atoms with Crippen LogP contribution in [0.5, 0.6) is 0 Å². The number of anilines is 1. The molecule has 3 amide bonds. The topological polar surface area (TPSA) is 66.5 Å². The minimum Gasteiger partial charge on any atom is -0.322 e. The first kappa shape index (κ1) is 14.8. The van der Waals surface area contributed by atoms with E-state index in [1.807, 2.05) is 0 Å². The fraction of sp³-hybridized carbons (Fsp3) is 0.0625. The first-order valence-electron chi connectivity index (χ1n) is 6.68. The van der Waals surface area contributed by atoms with Gasteiger partial charge in [0, 0.05) is 0 Å². The molecule has 5 nitrogen and oxygen atoms in total. The van der Waals surface area contributed by atoms with Gasteiger partial charge in [-0.15, -0.1) is 0 Å². The molecule has 1 heterocycles. The summed E-state index contributed by atoms with van der Waals surface area (Å²) in [5, 5.41) is 2.27. The summed E-state index contributed by atoms with van der Waals surface area (Å²) in [5.41, 5.74) is -0.509. The maximum Gasteiger partial charge on any atom is 0.265 e. The van der Waals surface area contributed by atoms with E-state index in [4.69, 9.17) is 0 Å². The lowest BCUT2D eigenvalue weighted by atomic mass is 10.1. The van der Waals surface area contributed by atoms with Crippen LogP contribution in [0.4, 0.5) is 14.5 Å². The fourth-order valence-electron chi connectivity index (χ4n) is 2.33. The Hall–Kier alpha value is -3.09. The van der Waals surface area contributed by atoms with Crippen molar-refractivity contribution in [2.45, 2.75) is 0 Å². The zero-order valence-corrected chi connectivity index (χ0v) is 11.7. The molecule has 0 saturated heterocycles. The molecule has 0 unspecified atom stereocenters. The number of halogens is 2. The number of hydrogen-bond donors (Lipinski definition) is 1. The summed E-state index contributed by atoms with van der Waals surface area (Å²) in [6, 6.07) is 9.17. The minimum atomic E-state index is -0.883. The van der Waals surface area contributed by atoms with Gasteiger partial charge in [-0.1, -0.05) is 18.2 Å². The molecule has 0 aliphatic carbocycles. The van der Waals surface area contributed by atoms with Gasteiger partial charge in [0.05, 0.1) is 16.8 Å². The molecule has 0 radical (unpaired) electrons. The standard InChI is InChI=1S/C16H10F2N2O3/c17-10-5-1-2-7-12(10)19-13(21)8-20-15(22)9-4-3-6-11(18)14(9)16(20)23/h1-7H,8H2,(H,19,21). The molecular formula is C16H10F2N2O3. The molecule has 0 aromatic heterocycles. The lowest BCUT2D eigenvalue weighted by Gasteiger charge is -2.13. The first-order valence-corrected chi connectivity index (χ1v) is 6.68. The molecule has 3 rings (SSSR count). The van der Waals surface area contributed by atoms with Crippen LogP contribution in [0.2, 0.25) is 0 Å². The van der Waals surface area contributed by atoms with Crippen LogP contribution in [0, 0.1) is 11.6 Å². The zero-order valence-electron chi connectivity index (χ0n) is 11.7. The molecule has 116 valence electrons. The average Bonchev–Trinajstić information content (AvgIpc) is 2.76. The van der Waals surface area contributed by atoms with Gasteiger partial charge in [-0.25, -0.2) is 8.78 Å². The molecule has 2 aromatic carbocycles. The summed E-state index contributed by atoms with van der Waals surface area (Å²) in [4.78, 5) is 36.8. The Labute approximate surface area is 129 Å². The van der Waals surface area contributed by atoms with Crippen molar-refractivity contribution in [2.24, 2.45) is 0 Å². The van der Waals surface area contributed by atoms with E-state index in [-0.39, 0.29) is 16.8 Å². The predicted octanol–water partition coefficient (Wildman–Crippen LogP) is 2.20. The van der Waals surface area contributed by atoms with Crippen molar-refractivity contribution >= 4 is 23.4 Å². The van der Waals surface area contributed by atoms with Gasteiger partial charge in [-0.05, 0) is 24.3 Å². The fourth-order valence-corrected chi connectivity index (χ4v) is 2.33. The minimum absolute atomic E-state index is 0.0692. The summed E-state index contributed by atoms with van der Waals surface area (Å²) < 4.78 is 27.1. The van der Waals surface area contributed by atoms with E-state index in [1.54, 1.807) is 0 Å². The van der Waals surface area contributed by atoms with Gasteiger partial charge in [0.2, 0.25) is 5.91 Å². The van der Waals surface area contributed by atoms with Crippen LogP contribution in [0.25, 0.3) is 0 Å². The quantitative estimate of drug-likeness (QED) is 0.883. The molecular weight excluding hydrogens is 306 g/mol. The van der Waals surface area contributed by atoms with Gasteiger partial charge >= 0.3 is 0 Å². The highest BCUT2D eigenvalue weighted by atomic mass is 19.1. The van der Waals surface area contributed by atoms with Crippen LogP contribution in [0.3, 0.4) is 0 Å². The van der Waals surface area contributed by atoms with Gasteiger partial charge in [0.1, 0.15) is 18.2 Å². The number of carbonyl (C=O) groups is 3. The number of para-hydroxylation sites is 1. The highest BCUT2D eigenvalue weighted by molar-refractivity contribution is 6.22. The largest absolute Gasteiger partial charge is 0.322 e. The van der Waals surface area contributed by atoms with Gasteiger partial charge in [-0.3, -0.25) is 19.3 Å². The number of amides is 3.